The van der Waals surface area contributed by atoms with Crippen LogP contribution in [0, 0.1) is 0 Å². The molecule has 0 unspecified atom stereocenters. The molecule has 0 N–H and O–H groups in total. The molecule has 0 saturated carbocycles. The van der Waals surface area contributed by atoms with E-state index in [4.69, 9.17) is 0 Å². The molecule has 128 valence electrons. The van der Waals surface area contributed by atoms with Crippen LogP contribution in [0.25, 0.3) is 17.2 Å². The van der Waals surface area contributed by atoms with Crippen LogP contribution in [0.5, 0.6) is 0 Å². The van der Waals surface area contributed by atoms with E-state index < -0.39 is 0 Å². The van der Waals surface area contributed by atoms with Gasteiger partial charge >= 0.3 is 18.9 Å². The fourth-order valence-corrected chi connectivity index (χ4v) is 3.44. The first-order chi connectivity index (χ1) is 11.1. The van der Waals surface area contributed by atoms with Crippen molar-refractivity contribution < 1.29 is 20.3 Å². The standard InChI is InChI=1S/C24H30.Li.H/c1-16-11-17-9-8-10-21(22(17)12-16)18-13-19(23(2,3)4)15-20(14-18)24(5,6)7;;/h8-10,12-15H,11H2,1-7H3;;/q;+1;-1. The summed E-state index contributed by atoms with van der Waals surface area (Å²) in [4.78, 5) is 0. The van der Waals surface area contributed by atoms with E-state index in [9.17, 15) is 0 Å². The predicted molar refractivity (Wildman–Crippen MR) is 108 cm³/mol. The van der Waals surface area contributed by atoms with Gasteiger partial charge in [0.25, 0.3) is 0 Å². The van der Waals surface area contributed by atoms with Gasteiger partial charge in [-0.25, -0.2) is 0 Å². The molecule has 0 heterocycles. The molecule has 2 aromatic carbocycles. The number of benzene rings is 2. The van der Waals surface area contributed by atoms with Crippen LogP contribution in [-0.4, -0.2) is 0 Å². The Balaban J connectivity index is 0.00000169. The van der Waals surface area contributed by atoms with Crippen LogP contribution in [0.15, 0.2) is 42.0 Å². The molecule has 3 rings (SSSR count). The minimum absolute atomic E-state index is 0. The molecule has 2 aromatic rings. The number of fused-ring (bicyclic) bond motifs is 1. The van der Waals surface area contributed by atoms with Gasteiger partial charge in [0.2, 0.25) is 0 Å². The normalized spacial score (nSPS) is 14.0. The minimum Gasteiger partial charge on any atom is -1.00 e. The van der Waals surface area contributed by atoms with E-state index in [1.165, 1.54) is 39.0 Å². The number of rotatable bonds is 1. The molecule has 1 heteroatoms. The molecule has 0 fully saturated rings. The molecular weight excluding hydrogens is 295 g/mol. The van der Waals surface area contributed by atoms with Crippen molar-refractivity contribution in [2.24, 2.45) is 0 Å². The minimum atomic E-state index is 0. The smallest absolute Gasteiger partial charge is 1.00 e. The molecule has 0 spiro atoms. The largest absolute Gasteiger partial charge is 1.00 e. The predicted octanol–water partition coefficient (Wildman–Crippen LogP) is 4.02. The summed E-state index contributed by atoms with van der Waals surface area (Å²) in [6, 6.07) is 13.9. The van der Waals surface area contributed by atoms with E-state index in [-0.39, 0.29) is 31.1 Å². The van der Waals surface area contributed by atoms with Crippen molar-refractivity contribution >= 4 is 6.08 Å². The Kier molecular flexibility index (Phi) is 5.49. The zero-order valence-corrected chi connectivity index (χ0v) is 17.2. The molecule has 0 nitrogen and oxygen atoms in total. The molecule has 0 aliphatic heterocycles. The first-order valence-corrected chi connectivity index (χ1v) is 9.01. The topological polar surface area (TPSA) is 0 Å². The summed E-state index contributed by atoms with van der Waals surface area (Å²) in [6.45, 7) is 16.1. The van der Waals surface area contributed by atoms with Gasteiger partial charge in [-0.1, -0.05) is 89.6 Å². The number of hydrogen-bond donors (Lipinski definition) is 0. The summed E-state index contributed by atoms with van der Waals surface area (Å²) >= 11 is 0. The Morgan fingerprint density at radius 3 is 1.92 bits per heavy atom. The second-order valence-electron chi connectivity index (χ2n) is 9.34. The zero-order chi connectivity index (χ0) is 17.7. The van der Waals surface area contributed by atoms with E-state index >= 15 is 0 Å². The Morgan fingerprint density at radius 1 is 0.840 bits per heavy atom. The maximum absolute atomic E-state index is 2.40. The van der Waals surface area contributed by atoms with Crippen molar-refractivity contribution in [3.05, 3.63) is 64.2 Å². The fraction of sp³-hybridized carbons (Fsp3) is 0.417. The average Bonchev–Trinajstić information content (AvgIpc) is 2.84. The fourth-order valence-electron chi connectivity index (χ4n) is 3.44. The van der Waals surface area contributed by atoms with Crippen molar-refractivity contribution in [3.8, 4) is 11.1 Å². The van der Waals surface area contributed by atoms with Gasteiger partial charge in [-0.3, -0.25) is 0 Å². The van der Waals surface area contributed by atoms with Gasteiger partial charge in [0.15, 0.2) is 0 Å². The van der Waals surface area contributed by atoms with Gasteiger partial charge in [0.1, 0.15) is 0 Å². The van der Waals surface area contributed by atoms with Gasteiger partial charge in [-0.15, -0.1) is 0 Å². The molecule has 0 aromatic heterocycles. The van der Waals surface area contributed by atoms with Gasteiger partial charge in [0.05, 0.1) is 0 Å². The molecule has 0 bridgehead atoms. The first-order valence-electron chi connectivity index (χ1n) is 9.01. The zero-order valence-electron chi connectivity index (χ0n) is 18.2. The third kappa shape index (κ3) is 4.13. The van der Waals surface area contributed by atoms with Crippen LogP contribution < -0.4 is 18.9 Å². The molecule has 1 aliphatic carbocycles. The van der Waals surface area contributed by atoms with E-state index in [2.05, 4.69) is 90.9 Å². The molecule has 25 heavy (non-hydrogen) atoms. The Bertz CT molecular complexity index is 785. The summed E-state index contributed by atoms with van der Waals surface area (Å²) in [5, 5.41) is 0. The van der Waals surface area contributed by atoms with Crippen molar-refractivity contribution in [1.82, 2.24) is 0 Å². The van der Waals surface area contributed by atoms with Crippen LogP contribution in [0.2, 0.25) is 0 Å². The SMILES string of the molecule is CC1=Cc2c(cccc2-c2cc(C(C)(C)C)cc(C(C)(C)C)c2)C1.[H-].[Li+]. The second-order valence-corrected chi connectivity index (χ2v) is 9.34. The van der Waals surface area contributed by atoms with Gasteiger partial charge in [-0.05, 0) is 57.6 Å². The number of allylic oxidation sites excluding steroid dienone is 1. The van der Waals surface area contributed by atoms with Crippen LogP contribution >= 0.6 is 0 Å². The Morgan fingerprint density at radius 2 is 1.40 bits per heavy atom. The molecule has 0 radical (unpaired) electrons. The third-order valence-corrected chi connectivity index (χ3v) is 5.03. The third-order valence-electron chi connectivity index (χ3n) is 5.03. The summed E-state index contributed by atoms with van der Waals surface area (Å²) < 4.78 is 0. The Hall–Kier alpha value is -1.22. The van der Waals surface area contributed by atoms with E-state index in [1.54, 1.807) is 0 Å². The van der Waals surface area contributed by atoms with Crippen molar-refractivity contribution in [3.63, 3.8) is 0 Å². The second kappa shape index (κ2) is 6.83. The maximum Gasteiger partial charge on any atom is 1.00 e. The van der Waals surface area contributed by atoms with E-state index in [0.29, 0.717) is 0 Å². The van der Waals surface area contributed by atoms with E-state index in [0.717, 1.165) is 6.42 Å². The van der Waals surface area contributed by atoms with Gasteiger partial charge < -0.3 is 1.43 Å². The maximum atomic E-state index is 2.40. The van der Waals surface area contributed by atoms with Gasteiger partial charge in [0, 0.05) is 0 Å². The molecular formula is C24H31Li. The van der Waals surface area contributed by atoms with Crippen molar-refractivity contribution in [2.75, 3.05) is 0 Å². The molecule has 0 amide bonds. The van der Waals surface area contributed by atoms with Gasteiger partial charge in [-0.2, -0.15) is 0 Å². The summed E-state index contributed by atoms with van der Waals surface area (Å²) in [5.41, 5.74) is 10.2. The molecule has 0 saturated heterocycles. The first kappa shape index (κ1) is 20.1. The van der Waals surface area contributed by atoms with Crippen LogP contribution in [0.4, 0.5) is 0 Å². The summed E-state index contributed by atoms with van der Waals surface area (Å²) in [6.07, 6.45) is 3.46. The average molecular weight is 326 g/mol. The summed E-state index contributed by atoms with van der Waals surface area (Å²) in [5.74, 6) is 0. The molecule has 0 atom stereocenters. The molecule has 1 aliphatic rings. The summed E-state index contributed by atoms with van der Waals surface area (Å²) in [7, 11) is 0. The Labute approximate surface area is 167 Å². The quantitative estimate of drug-likeness (QED) is 0.694. The van der Waals surface area contributed by atoms with Crippen LogP contribution in [0.1, 0.15) is 72.1 Å². The van der Waals surface area contributed by atoms with Crippen molar-refractivity contribution in [2.45, 2.75) is 65.7 Å². The van der Waals surface area contributed by atoms with Crippen LogP contribution in [0.3, 0.4) is 0 Å². The van der Waals surface area contributed by atoms with E-state index in [1.807, 2.05) is 0 Å². The monoisotopic (exact) mass is 326 g/mol. The van der Waals surface area contributed by atoms with Crippen LogP contribution in [-0.2, 0) is 17.3 Å². The number of hydrogen-bond acceptors (Lipinski definition) is 0. The van der Waals surface area contributed by atoms with Crippen molar-refractivity contribution in [1.29, 1.82) is 0 Å².